The standard InChI is InChI=1S/C22H32N2O12/c25-7-13-19(31)21(33)17(29)11(35-13)5-15(27)23-9-2-1-3-10(4-9)24-16(28)6-12-18(30)22(34)20(32)14(8-26)36-12/h1-4,11-14,17-22,25-26,29-34H,5-8H2,(H,23,27)(H,24,28)/t11-,12-,13-,14-,17-,18-,19-,20-,21-,22-/m1/s1. The minimum Gasteiger partial charge on any atom is -0.394 e. The van der Waals surface area contributed by atoms with Crippen LogP contribution in [-0.4, -0.2) is 127 Å². The van der Waals surface area contributed by atoms with Gasteiger partial charge in [0.1, 0.15) is 48.8 Å². The molecule has 2 saturated heterocycles. The highest BCUT2D eigenvalue weighted by Crippen LogP contribution is 2.25. The first-order chi connectivity index (χ1) is 17.0. The lowest BCUT2D eigenvalue weighted by atomic mass is 9.93. The molecular weight excluding hydrogens is 484 g/mol. The van der Waals surface area contributed by atoms with Crippen molar-refractivity contribution in [3.8, 4) is 0 Å². The molecule has 202 valence electrons. The van der Waals surface area contributed by atoms with E-state index in [1.54, 1.807) is 0 Å². The smallest absolute Gasteiger partial charge is 0.227 e. The molecule has 0 unspecified atom stereocenters. The van der Waals surface area contributed by atoms with E-state index in [4.69, 9.17) is 9.47 Å². The Morgan fingerprint density at radius 3 is 1.36 bits per heavy atom. The molecule has 1 aromatic rings. The Bertz CT molecular complexity index is 832. The Kier molecular flexibility index (Phi) is 9.71. The number of aliphatic hydroxyl groups excluding tert-OH is 8. The molecule has 14 heteroatoms. The summed E-state index contributed by atoms with van der Waals surface area (Å²) in [4.78, 5) is 24.9. The number of ether oxygens (including phenoxy) is 2. The van der Waals surface area contributed by atoms with Gasteiger partial charge in [0.25, 0.3) is 0 Å². The summed E-state index contributed by atoms with van der Waals surface area (Å²) in [5, 5.41) is 83.1. The van der Waals surface area contributed by atoms with Crippen molar-refractivity contribution in [3.05, 3.63) is 24.3 Å². The number of carbonyl (C=O) groups excluding carboxylic acids is 2. The number of aliphatic hydroxyl groups is 8. The zero-order chi connectivity index (χ0) is 26.6. The molecule has 2 fully saturated rings. The van der Waals surface area contributed by atoms with Gasteiger partial charge in [-0.25, -0.2) is 0 Å². The molecule has 0 spiro atoms. The van der Waals surface area contributed by atoms with Crippen LogP contribution in [-0.2, 0) is 19.1 Å². The minimum absolute atomic E-state index is 0.273. The van der Waals surface area contributed by atoms with E-state index >= 15 is 0 Å². The van der Waals surface area contributed by atoms with Crippen LogP contribution in [0.4, 0.5) is 11.4 Å². The van der Waals surface area contributed by atoms with Gasteiger partial charge in [0.05, 0.1) is 38.3 Å². The first-order valence-electron chi connectivity index (χ1n) is 11.4. The normalized spacial score (nSPS) is 36.8. The highest BCUT2D eigenvalue weighted by Gasteiger charge is 2.45. The van der Waals surface area contributed by atoms with Crippen LogP contribution in [0.15, 0.2) is 24.3 Å². The topological polar surface area (TPSA) is 238 Å². The van der Waals surface area contributed by atoms with Gasteiger partial charge in [0, 0.05) is 11.4 Å². The molecule has 0 aromatic heterocycles. The van der Waals surface area contributed by atoms with Crippen LogP contribution in [0, 0.1) is 0 Å². The van der Waals surface area contributed by atoms with Crippen LogP contribution < -0.4 is 10.6 Å². The Morgan fingerprint density at radius 2 is 1.00 bits per heavy atom. The average Bonchev–Trinajstić information content (AvgIpc) is 2.84. The number of carbonyl (C=O) groups is 2. The number of rotatable bonds is 8. The van der Waals surface area contributed by atoms with E-state index in [0.29, 0.717) is 0 Å². The second-order valence-corrected chi connectivity index (χ2v) is 8.82. The lowest BCUT2D eigenvalue weighted by Crippen LogP contribution is -2.59. The summed E-state index contributed by atoms with van der Waals surface area (Å²) in [6, 6.07) is 6.01. The maximum atomic E-state index is 12.5. The van der Waals surface area contributed by atoms with Gasteiger partial charge < -0.3 is 61.0 Å². The molecule has 1 aromatic carbocycles. The van der Waals surface area contributed by atoms with Gasteiger partial charge in [-0.2, -0.15) is 0 Å². The molecular formula is C22H32N2O12. The van der Waals surface area contributed by atoms with E-state index in [-0.39, 0.29) is 11.4 Å². The van der Waals surface area contributed by atoms with Gasteiger partial charge in [0.15, 0.2) is 0 Å². The van der Waals surface area contributed by atoms with Gasteiger partial charge in [-0.05, 0) is 18.2 Å². The highest BCUT2D eigenvalue weighted by molar-refractivity contribution is 5.94. The van der Waals surface area contributed by atoms with Gasteiger partial charge in [-0.15, -0.1) is 0 Å². The molecule has 2 amide bonds. The van der Waals surface area contributed by atoms with Crippen LogP contribution in [0.25, 0.3) is 0 Å². The van der Waals surface area contributed by atoms with Crippen molar-refractivity contribution in [1.29, 1.82) is 0 Å². The number of amides is 2. The number of benzene rings is 1. The van der Waals surface area contributed by atoms with Crippen molar-refractivity contribution in [3.63, 3.8) is 0 Å². The van der Waals surface area contributed by atoms with Gasteiger partial charge in [0.2, 0.25) is 11.8 Å². The summed E-state index contributed by atoms with van der Waals surface area (Å²) in [6.45, 7) is -1.23. The summed E-state index contributed by atoms with van der Waals surface area (Å²) in [5.41, 5.74) is 0.547. The average molecular weight is 517 g/mol. The van der Waals surface area contributed by atoms with Crippen LogP contribution in [0.2, 0.25) is 0 Å². The van der Waals surface area contributed by atoms with Crippen molar-refractivity contribution in [2.75, 3.05) is 23.8 Å². The number of anilines is 2. The van der Waals surface area contributed by atoms with Crippen LogP contribution in [0.3, 0.4) is 0 Å². The minimum atomic E-state index is -1.60. The molecule has 3 rings (SSSR count). The fourth-order valence-electron chi connectivity index (χ4n) is 4.16. The quantitative estimate of drug-likeness (QED) is 0.159. The Balaban J connectivity index is 1.56. The van der Waals surface area contributed by atoms with Gasteiger partial charge in [-0.1, -0.05) is 6.07 Å². The second-order valence-electron chi connectivity index (χ2n) is 8.82. The largest absolute Gasteiger partial charge is 0.394 e. The van der Waals surface area contributed by atoms with E-state index in [1.165, 1.54) is 24.3 Å². The van der Waals surface area contributed by atoms with Crippen molar-refractivity contribution < 1.29 is 59.9 Å². The summed E-state index contributed by atoms with van der Waals surface area (Å²) >= 11 is 0. The van der Waals surface area contributed by atoms with E-state index in [2.05, 4.69) is 10.6 Å². The van der Waals surface area contributed by atoms with Crippen LogP contribution in [0.5, 0.6) is 0 Å². The summed E-state index contributed by atoms with van der Waals surface area (Å²) in [6.07, 6.45) is -14.8. The molecule has 2 aliphatic heterocycles. The molecule has 0 bridgehead atoms. The number of nitrogens with one attached hydrogen (secondary N) is 2. The Morgan fingerprint density at radius 1 is 0.639 bits per heavy atom. The summed E-state index contributed by atoms with van der Waals surface area (Å²) in [7, 11) is 0. The van der Waals surface area contributed by atoms with Crippen molar-refractivity contribution in [1.82, 2.24) is 0 Å². The predicted molar refractivity (Wildman–Crippen MR) is 120 cm³/mol. The third-order valence-corrected chi connectivity index (χ3v) is 6.19. The van der Waals surface area contributed by atoms with Crippen molar-refractivity contribution in [2.24, 2.45) is 0 Å². The number of hydrogen-bond acceptors (Lipinski definition) is 12. The van der Waals surface area contributed by atoms with E-state index in [9.17, 15) is 50.4 Å². The fraction of sp³-hybridized carbons (Fsp3) is 0.636. The lowest BCUT2D eigenvalue weighted by molar-refractivity contribution is -0.229. The van der Waals surface area contributed by atoms with Crippen molar-refractivity contribution >= 4 is 23.2 Å². The molecule has 0 radical (unpaired) electrons. The first-order valence-corrected chi connectivity index (χ1v) is 11.4. The van der Waals surface area contributed by atoms with Crippen LogP contribution >= 0.6 is 0 Å². The molecule has 2 aliphatic rings. The lowest BCUT2D eigenvalue weighted by Gasteiger charge is -2.39. The monoisotopic (exact) mass is 516 g/mol. The SMILES string of the molecule is O=C(C[C@H]1O[C@H](CO)[C@@H](O)[C@H](O)[C@@H]1O)Nc1cccc(NC(=O)C[C@H]2O[C@H](CO)[C@@H](O)[C@H](O)[C@@H]2O)c1. The van der Waals surface area contributed by atoms with Gasteiger partial charge >= 0.3 is 0 Å². The molecule has 14 nitrogen and oxygen atoms in total. The molecule has 0 saturated carbocycles. The summed E-state index contributed by atoms with van der Waals surface area (Å²) < 4.78 is 10.6. The van der Waals surface area contributed by atoms with Gasteiger partial charge in [-0.3, -0.25) is 9.59 Å². The van der Waals surface area contributed by atoms with E-state index < -0.39 is 98.9 Å². The maximum absolute atomic E-state index is 12.5. The first kappa shape index (κ1) is 28.3. The third kappa shape index (κ3) is 6.54. The molecule has 2 heterocycles. The Labute approximate surface area is 205 Å². The molecule has 36 heavy (non-hydrogen) atoms. The molecule has 10 atom stereocenters. The second kappa shape index (κ2) is 12.3. The fourth-order valence-corrected chi connectivity index (χ4v) is 4.16. The van der Waals surface area contributed by atoms with Crippen LogP contribution in [0.1, 0.15) is 12.8 Å². The molecule has 10 N–H and O–H groups in total. The zero-order valence-corrected chi connectivity index (χ0v) is 19.1. The Hall–Kier alpha value is -2.24. The maximum Gasteiger partial charge on any atom is 0.227 e. The highest BCUT2D eigenvalue weighted by atomic mass is 16.6. The number of hydrogen-bond donors (Lipinski definition) is 10. The van der Waals surface area contributed by atoms with E-state index in [0.717, 1.165) is 0 Å². The predicted octanol–water partition coefficient (Wildman–Crippen LogP) is -3.97. The zero-order valence-electron chi connectivity index (χ0n) is 19.1. The van der Waals surface area contributed by atoms with E-state index in [1.807, 2.05) is 0 Å². The van der Waals surface area contributed by atoms with Crippen molar-refractivity contribution in [2.45, 2.75) is 73.9 Å². The molecule has 0 aliphatic carbocycles. The summed E-state index contributed by atoms with van der Waals surface area (Å²) in [5.74, 6) is -1.21. The third-order valence-electron chi connectivity index (χ3n) is 6.19.